The number of benzene rings is 2. The predicted molar refractivity (Wildman–Crippen MR) is 167 cm³/mol. The molecular weight excluding hydrogens is 574 g/mol. The van der Waals surface area contributed by atoms with Crippen LogP contribution >= 0.6 is 11.6 Å². The number of alkyl halides is 1. The first-order chi connectivity index (χ1) is 19.9. The van der Waals surface area contributed by atoms with Gasteiger partial charge in [0.2, 0.25) is 5.91 Å². The molecule has 0 N–H and O–H groups in total. The van der Waals surface area contributed by atoms with Crippen molar-refractivity contribution in [3.63, 3.8) is 0 Å². The molecule has 3 aromatic rings. The van der Waals surface area contributed by atoms with Crippen molar-refractivity contribution < 1.29 is 23.1 Å². The molecule has 0 aliphatic heterocycles. The van der Waals surface area contributed by atoms with E-state index in [1.54, 1.807) is 4.90 Å². The second-order valence-corrected chi connectivity index (χ2v) is 15.2. The molecule has 5 nitrogen and oxygen atoms in total. The number of amides is 1. The summed E-state index contributed by atoms with van der Waals surface area (Å²) in [6.45, 7) is 11.8. The maximum absolute atomic E-state index is 14.9. The summed E-state index contributed by atoms with van der Waals surface area (Å²) in [7, 11) is -0.447. The number of unbranched alkanes of at least 4 members (excludes halogenated alkanes) is 1. The fourth-order valence-electron chi connectivity index (χ4n) is 5.08. The zero-order chi connectivity index (χ0) is 30.9. The highest BCUT2D eigenvalue weighted by atomic mass is 35.5. The third-order valence-electron chi connectivity index (χ3n) is 7.11. The molecule has 1 heterocycles. The Morgan fingerprint density at radius 2 is 1.76 bits per heavy atom. The van der Waals surface area contributed by atoms with Crippen molar-refractivity contribution in [2.45, 2.75) is 71.8 Å². The van der Waals surface area contributed by atoms with Crippen molar-refractivity contribution in [3.8, 4) is 11.1 Å². The number of aromatic nitrogens is 1. The van der Waals surface area contributed by atoms with E-state index in [9.17, 15) is 18.4 Å². The van der Waals surface area contributed by atoms with E-state index in [1.807, 2.05) is 67.9 Å². The minimum absolute atomic E-state index is 0.156. The molecule has 227 valence electrons. The molecule has 1 atom stereocenters. The molecule has 3 rings (SSSR count). The zero-order valence-electron chi connectivity index (χ0n) is 25.3. The molecule has 1 aromatic heterocycles. The summed E-state index contributed by atoms with van der Waals surface area (Å²) < 4.78 is 36.4. The van der Waals surface area contributed by atoms with Gasteiger partial charge in [0.25, 0.3) is 0 Å². The topological polar surface area (TPSA) is 51.5 Å². The molecule has 0 aliphatic carbocycles. The van der Waals surface area contributed by atoms with Crippen LogP contribution in [0.15, 0.2) is 60.8 Å². The quantitative estimate of drug-likeness (QED) is 0.0797. The summed E-state index contributed by atoms with van der Waals surface area (Å²) in [5.41, 5.74) is 2.06. The molecule has 0 fully saturated rings. The Hall–Kier alpha value is -2.97. The summed E-state index contributed by atoms with van der Waals surface area (Å²) in [4.78, 5) is 27.3. The van der Waals surface area contributed by atoms with Gasteiger partial charge in [0, 0.05) is 51.3 Å². The van der Waals surface area contributed by atoms with E-state index in [1.165, 1.54) is 6.07 Å². The first-order valence-electron chi connectivity index (χ1n) is 14.4. The molecule has 0 bridgehead atoms. The highest BCUT2D eigenvalue weighted by Gasteiger charge is 2.37. The monoisotopic (exact) mass is 615 g/mol. The fourth-order valence-corrected chi connectivity index (χ4v) is 5.74. The Morgan fingerprint density at radius 1 is 1.05 bits per heavy atom. The van der Waals surface area contributed by atoms with Gasteiger partial charge in [-0.25, -0.2) is 8.78 Å². The Balaban J connectivity index is 1.95. The number of rotatable bonds is 14. The SMILES string of the molecule is C[Si](C)CCOC(=O)CCCCN(C(=O)CCl)C(c1cc(-c2cc(F)ccc2F)cn1Cc1ccccc1)C(C)(C)C. The summed E-state index contributed by atoms with van der Waals surface area (Å²) in [5.74, 6) is -1.70. The number of hydrogen-bond acceptors (Lipinski definition) is 3. The highest BCUT2D eigenvalue weighted by molar-refractivity contribution is 6.55. The van der Waals surface area contributed by atoms with Gasteiger partial charge in [-0.1, -0.05) is 64.2 Å². The van der Waals surface area contributed by atoms with Gasteiger partial charge in [0.15, 0.2) is 0 Å². The number of hydrogen-bond donors (Lipinski definition) is 0. The van der Waals surface area contributed by atoms with Gasteiger partial charge in [-0.05, 0) is 54.1 Å². The third-order valence-corrected chi connectivity index (χ3v) is 8.54. The Morgan fingerprint density at radius 3 is 2.40 bits per heavy atom. The van der Waals surface area contributed by atoms with Crippen LogP contribution in [0.5, 0.6) is 0 Å². The molecule has 1 unspecified atom stereocenters. The summed E-state index contributed by atoms with van der Waals surface area (Å²) in [5, 5.41) is 0. The number of ether oxygens (including phenoxy) is 1. The van der Waals surface area contributed by atoms with Crippen LogP contribution in [-0.2, 0) is 20.9 Å². The van der Waals surface area contributed by atoms with Crippen LogP contribution in [0.4, 0.5) is 8.78 Å². The zero-order valence-corrected chi connectivity index (χ0v) is 27.0. The van der Waals surface area contributed by atoms with Crippen molar-refractivity contribution in [1.29, 1.82) is 0 Å². The lowest BCUT2D eigenvalue weighted by molar-refractivity contribution is -0.143. The van der Waals surface area contributed by atoms with Crippen molar-refractivity contribution in [1.82, 2.24) is 9.47 Å². The Kier molecular flexibility index (Phi) is 12.4. The maximum atomic E-state index is 14.9. The average Bonchev–Trinajstić information content (AvgIpc) is 3.33. The van der Waals surface area contributed by atoms with Crippen molar-refractivity contribution in [2.24, 2.45) is 5.41 Å². The standard InChI is InChI=1S/C33H42ClF2N2O3Si/c1-33(2,3)32(38(30(39)21-34)16-10-9-13-31(40)41-17-18-42(4)5)29-19-25(27-20-26(35)14-15-28(27)36)23-37(29)22-24-11-7-6-8-12-24/h6-8,11-12,14-15,19-20,23,32H,9-10,13,16-18,21-22H2,1-5H3. The maximum Gasteiger partial charge on any atom is 0.305 e. The summed E-state index contributed by atoms with van der Waals surface area (Å²) in [6, 6.07) is 15.6. The Bertz CT molecular complexity index is 1320. The molecule has 2 aromatic carbocycles. The van der Waals surface area contributed by atoms with Crippen LogP contribution in [0, 0.1) is 17.0 Å². The molecule has 1 radical (unpaired) electrons. The van der Waals surface area contributed by atoms with E-state index in [0.717, 1.165) is 29.4 Å². The van der Waals surface area contributed by atoms with Crippen LogP contribution < -0.4 is 0 Å². The number of halogens is 3. The molecule has 1 amide bonds. The number of nitrogens with zero attached hydrogens (tertiary/aromatic N) is 2. The number of carbonyl (C=O) groups excluding carboxylic acids is 2. The smallest absolute Gasteiger partial charge is 0.305 e. The van der Waals surface area contributed by atoms with E-state index in [0.29, 0.717) is 38.1 Å². The largest absolute Gasteiger partial charge is 0.466 e. The molecule has 0 aliphatic rings. The minimum atomic E-state index is -0.528. The molecule has 9 heteroatoms. The van der Waals surface area contributed by atoms with Gasteiger partial charge in [-0.3, -0.25) is 9.59 Å². The minimum Gasteiger partial charge on any atom is -0.466 e. The van der Waals surface area contributed by atoms with Crippen LogP contribution in [-0.4, -0.2) is 49.2 Å². The van der Waals surface area contributed by atoms with Crippen molar-refractivity contribution in [3.05, 3.63) is 83.7 Å². The fraction of sp³-hybridized carbons (Fsp3) is 0.455. The second kappa shape index (κ2) is 15.5. The van der Waals surface area contributed by atoms with Gasteiger partial charge in [-0.2, -0.15) is 0 Å². The molecular formula is C33H42ClF2N2O3Si. The molecule has 0 saturated heterocycles. The second-order valence-electron chi connectivity index (χ2n) is 12.0. The van der Waals surface area contributed by atoms with Gasteiger partial charge < -0.3 is 14.2 Å². The van der Waals surface area contributed by atoms with Crippen molar-refractivity contribution >= 4 is 32.3 Å². The molecule has 0 spiro atoms. The lowest BCUT2D eigenvalue weighted by Crippen LogP contribution is -2.43. The number of carbonyl (C=O) groups is 2. The lowest BCUT2D eigenvalue weighted by Gasteiger charge is -2.41. The Labute approximate surface area is 255 Å². The van der Waals surface area contributed by atoms with Gasteiger partial charge >= 0.3 is 5.97 Å². The van der Waals surface area contributed by atoms with Gasteiger partial charge in [-0.15, -0.1) is 11.6 Å². The van der Waals surface area contributed by atoms with E-state index in [4.69, 9.17) is 16.3 Å². The van der Waals surface area contributed by atoms with Crippen LogP contribution in [0.25, 0.3) is 11.1 Å². The van der Waals surface area contributed by atoms with Crippen molar-refractivity contribution in [2.75, 3.05) is 19.0 Å². The summed E-state index contributed by atoms with van der Waals surface area (Å²) >= 11 is 6.12. The molecule has 0 saturated carbocycles. The average molecular weight is 616 g/mol. The summed E-state index contributed by atoms with van der Waals surface area (Å²) in [6.07, 6.45) is 3.26. The molecule has 42 heavy (non-hydrogen) atoms. The first-order valence-corrected chi connectivity index (χ1v) is 17.6. The van der Waals surface area contributed by atoms with E-state index in [2.05, 4.69) is 13.1 Å². The van der Waals surface area contributed by atoms with E-state index in [-0.39, 0.29) is 29.7 Å². The van der Waals surface area contributed by atoms with E-state index < -0.39 is 31.9 Å². The third kappa shape index (κ3) is 9.53. The van der Waals surface area contributed by atoms with E-state index >= 15 is 0 Å². The predicted octanol–water partition coefficient (Wildman–Crippen LogP) is 8.10. The number of esters is 1. The van der Waals surface area contributed by atoms with Crippen LogP contribution in [0.3, 0.4) is 0 Å². The van der Waals surface area contributed by atoms with Crippen LogP contribution in [0.1, 0.15) is 57.3 Å². The normalized spacial score (nSPS) is 12.4. The van der Waals surface area contributed by atoms with Gasteiger partial charge in [0.1, 0.15) is 17.5 Å². The van der Waals surface area contributed by atoms with Crippen LogP contribution in [0.2, 0.25) is 19.1 Å². The highest BCUT2D eigenvalue weighted by Crippen LogP contribution is 2.41. The van der Waals surface area contributed by atoms with Gasteiger partial charge in [0.05, 0.1) is 12.6 Å². The first kappa shape index (κ1) is 33.5. The lowest BCUT2D eigenvalue weighted by atomic mass is 9.83.